The largest absolute Gasteiger partial charge is 0.481 e. The summed E-state index contributed by atoms with van der Waals surface area (Å²) in [6, 6.07) is 6.71. The molecule has 2 heterocycles. The van der Waals surface area contributed by atoms with Gasteiger partial charge in [0.15, 0.2) is 0 Å². The van der Waals surface area contributed by atoms with Gasteiger partial charge in [-0.15, -0.1) is 11.3 Å². The first-order chi connectivity index (χ1) is 15.1. The molecule has 1 fully saturated rings. The molecule has 1 saturated heterocycles. The minimum atomic E-state index is -2.90. The molecule has 8 heteroatoms. The number of likely N-dealkylation sites (tertiary alicyclic amines) is 1. The molecule has 1 aromatic heterocycles. The van der Waals surface area contributed by atoms with Gasteiger partial charge in [-0.25, -0.2) is 4.98 Å². The second-order valence-electron chi connectivity index (χ2n) is 9.54. The summed E-state index contributed by atoms with van der Waals surface area (Å²) in [5.74, 6) is -0.752. The number of carboxylic acids is 1. The average molecular weight is 467 g/mol. The molecule has 0 unspecified atom stereocenters. The lowest BCUT2D eigenvalue weighted by molar-refractivity contribution is -0.145. The van der Waals surface area contributed by atoms with E-state index in [2.05, 4.69) is 32.6 Å². The number of rotatable bonds is 8. The van der Waals surface area contributed by atoms with Crippen molar-refractivity contribution in [1.29, 1.82) is 0 Å². The Morgan fingerprint density at radius 3 is 2.66 bits per heavy atom. The second kappa shape index (κ2) is 10.3. The van der Waals surface area contributed by atoms with Crippen molar-refractivity contribution in [3.05, 3.63) is 34.8 Å². The lowest BCUT2D eigenvalue weighted by Gasteiger charge is -2.42. The number of carboxylic acid groups (broad SMARTS) is 1. The number of halogens is 2. The Hall–Kier alpha value is -2.06. The summed E-state index contributed by atoms with van der Waals surface area (Å²) in [7, 11) is 0. The highest BCUT2D eigenvalue weighted by atomic mass is 32.1. The zero-order valence-corrected chi connectivity index (χ0v) is 19.9. The van der Waals surface area contributed by atoms with Crippen molar-refractivity contribution in [2.45, 2.75) is 60.1 Å². The zero-order valence-electron chi connectivity index (χ0n) is 19.1. The summed E-state index contributed by atoms with van der Waals surface area (Å²) >= 11 is 1.48. The number of thiazole rings is 1. The van der Waals surface area contributed by atoms with Crippen molar-refractivity contribution in [2.24, 2.45) is 17.3 Å². The molecule has 0 spiro atoms. The maximum Gasteiger partial charge on any atom is 0.387 e. The normalized spacial score (nSPS) is 20.0. The third-order valence-corrected chi connectivity index (χ3v) is 7.18. The Balaban J connectivity index is 1.90. The number of aromatic nitrogens is 1. The molecule has 1 aliphatic rings. The van der Waals surface area contributed by atoms with E-state index in [9.17, 15) is 18.7 Å². The number of hydrogen-bond acceptors (Lipinski definition) is 5. The SMILES string of the molecule is CCCc1nc(-c2ccccc2OC(F)F)sc1CN1C[C@H](C(=O)O)C[C@@H](C(C)(C)C)C1. The number of alkyl halides is 2. The van der Waals surface area contributed by atoms with Crippen LogP contribution in [0.25, 0.3) is 10.6 Å². The molecule has 2 atom stereocenters. The standard InChI is InChI=1S/C24H32F2N2O3S/c1-5-8-18-20(14-28-12-15(22(29)30)11-16(13-28)24(2,3)4)32-21(27-18)17-9-6-7-10-19(17)31-23(25)26/h6-7,9-10,15-16,23H,5,8,11-14H2,1-4H3,(H,29,30)/t15-,16-/m1/s1. The molecule has 0 bridgehead atoms. The topological polar surface area (TPSA) is 62.7 Å². The Labute approximate surface area is 192 Å². The summed E-state index contributed by atoms with van der Waals surface area (Å²) in [6.45, 7) is 7.60. The minimum absolute atomic E-state index is 0.0169. The van der Waals surface area contributed by atoms with Crippen molar-refractivity contribution in [3.63, 3.8) is 0 Å². The Bertz CT molecular complexity index is 926. The first kappa shape index (κ1) is 24.6. The molecule has 1 aromatic carbocycles. The molecule has 0 saturated carbocycles. The smallest absolute Gasteiger partial charge is 0.387 e. The van der Waals surface area contributed by atoms with Crippen LogP contribution in [0.3, 0.4) is 0 Å². The molecule has 0 amide bonds. The zero-order chi connectivity index (χ0) is 23.5. The summed E-state index contributed by atoms with van der Waals surface area (Å²) in [5, 5.41) is 10.3. The van der Waals surface area contributed by atoms with E-state index in [4.69, 9.17) is 9.72 Å². The highest BCUT2D eigenvalue weighted by molar-refractivity contribution is 7.15. The number of para-hydroxylation sites is 1. The van der Waals surface area contributed by atoms with Crippen LogP contribution < -0.4 is 4.74 Å². The van der Waals surface area contributed by atoms with E-state index in [1.807, 2.05) is 0 Å². The van der Waals surface area contributed by atoms with Gasteiger partial charge in [0.2, 0.25) is 0 Å². The van der Waals surface area contributed by atoms with Crippen LogP contribution in [0.5, 0.6) is 5.75 Å². The van der Waals surface area contributed by atoms with E-state index >= 15 is 0 Å². The van der Waals surface area contributed by atoms with Crippen molar-refractivity contribution >= 4 is 17.3 Å². The van der Waals surface area contributed by atoms with E-state index in [1.54, 1.807) is 18.2 Å². The van der Waals surface area contributed by atoms with Gasteiger partial charge in [-0.05, 0) is 36.3 Å². The van der Waals surface area contributed by atoms with Crippen molar-refractivity contribution < 1.29 is 23.4 Å². The third kappa shape index (κ3) is 6.04. The Morgan fingerprint density at radius 1 is 1.31 bits per heavy atom. The van der Waals surface area contributed by atoms with E-state index in [0.717, 1.165) is 30.0 Å². The van der Waals surface area contributed by atoms with Gasteiger partial charge in [0.1, 0.15) is 10.8 Å². The van der Waals surface area contributed by atoms with Gasteiger partial charge in [0, 0.05) is 24.5 Å². The predicted molar refractivity (Wildman–Crippen MR) is 122 cm³/mol. The van der Waals surface area contributed by atoms with Gasteiger partial charge >= 0.3 is 12.6 Å². The van der Waals surface area contributed by atoms with E-state index in [-0.39, 0.29) is 17.1 Å². The number of carbonyl (C=O) groups is 1. The number of piperidine rings is 1. The van der Waals surface area contributed by atoms with Crippen LogP contribution >= 0.6 is 11.3 Å². The van der Waals surface area contributed by atoms with Crippen molar-refractivity contribution in [3.8, 4) is 16.3 Å². The van der Waals surface area contributed by atoms with Crippen LogP contribution in [-0.2, 0) is 17.8 Å². The maximum absolute atomic E-state index is 12.9. The maximum atomic E-state index is 12.9. The molecule has 1 aliphatic heterocycles. The van der Waals surface area contributed by atoms with Crippen LogP contribution in [0.15, 0.2) is 24.3 Å². The van der Waals surface area contributed by atoms with Crippen LogP contribution in [0.4, 0.5) is 8.78 Å². The minimum Gasteiger partial charge on any atom is -0.481 e. The van der Waals surface area contributed by atoms with Gasteiger partial charge in [-0.2, -0.15) is 8.78 Å². The summed E-state index contributed by atoms with van der Waals surface area (Å²) in [6.07, 6.45) is 2.37. The monoisotopic (exact) mass is 466 g/mol. The molecule has 32 heavy (non-hydrogen) atoms. The first-order valence-electron chi connectivity index (χ1n) is 11.1. The molecule has 5 nitrogen and oxygen atoms in total. The van der Waals surface area contributed by atoms with E-state index in [0.29, 0.717) is 30.1 Å². The molecule has 0 aliphatic carbocycles. The van der Waals surface area contributed by atoms with Gasteiger partial charge < -0.3 is 9.84 Å². The summed E-state index contributed by atoms with van der Waals surface area (Å²) in [5.41, 5.74) is 1.52. The Morgan fingerprint density at radius 2 is 2.03 bits per heavy atom. The Kier molecular flexibility index (Phi) is 7.88. The van der Waals surface area contributed by atoms with Gasteiger partial charge in [0.05, 0.1) is 17.2 Å². The van der Waals surface area contributed by atoms with Crippen molar-refractivity contribution in [2.75, 3.05) is 13.1 Å². The average Bonchev–Trinajstić information content (AvgIpc) is 3.09. The van der Waals surface area contributed by atoms with E-state index in [1.165, 1.54) is 17.4 Å². The fourth-order valence-corrected chi connectivity index (χ4v) is 5.41. The second-order valence-corrected chi connectivity index (χ2v) is 10.6. The molecule has 3 rings (SSSR count). The summed E-state index contributed by atoms with van der Waals surface area (Å²) in [4.78, 5) is 19.9. The summed E-state index contributed by atoms with van der Waals surface area (Å²) < 4.78 is 30.5. The molecule has 0 radical (unpaired) electrons. The van der Waals surface area contributed by atoms with Crippen LogP contribution in [0, 0.1) is 17.3 Å². The number of aryl methyl sites for hydroxylation is 1. The lowest BCUT2D eigenvalue weighted by Crippen LogP contribution is -2.46. The highest BCUT2D eigenvalue weighted by Gasteiger charge is 2.37. The number of hydrogen-bond donors (Lipinski definition) is 1. The first-order valence-corrected chi connectivity index (χ1v) is 11.9. The van der Waals surface area contributed by atoms with Crippen LogP contribution in [-0.4, -0.2) is 40.7 Å². The fourth-order valence-electron chi connectivity index (χ4n) is 4.23. The van der Waals surface area contributed by atoms with Crippen LogP contribution in [0.1, 0.15) is 51.1 Å². The molecule has 1 N–H and O–H groups in total. The highest BCUT2D eigenvalue weighted by Crippen LogP contribution is 2.39. The molecule has 2 aromatic rings. The molecular formula is C24H32F2N2O3S. The predicted octanol–water partition coefficient (Wildman–Crippen LogP) is 5.93. The van der Waals surface area contributed by atoms with Crippen molar-refractivity contribution in [1.82, 2.24) is 9.88 Å². The fraction of sp³-hybridized carbons (Fsp3) is 0.583. The van der Waals surface area contributed by atoms with Gasteiger partial charge in [-0.1, -0.05) is 46.2 Å². The third-order valence-electron chi connectivity index (χ3n) is 6.07. The van der Waals surface area contributed by atoms with Gasteiger partial charge in [-0.3, -0.25) is 9.69 Å². The van der Waals surface area contributed by atoms with E-state index < -0.39 is 18.5 Å². The number of aliphatic carboxylic acids is 1. The molecular weight excluding hydrogens is 434 g/mol. The van der Waals surface area contributed by atoms with Crippen LogP contribution in [0.2, 0.25) is 0 Å². The quantitative estimate of drug-likeness (QED) is 0.522. The van der Waals surface area contributed by atoms with Gasteiger partial charge in [0.25, 0.3) is 0 Å². The number of ether oxygens (including phenoxy) is 1. The number of nitrogens with zero attached hydrogens (tertiary/aromatic N) is 2. The lowest BCUT2D eigenvalue weighted by atomic mass is 9.73. The number of benzene rings is 1. The molecule has 176 valence electrons.